The molecule has 0 amide bonds. The normalized spacial score (nSPS) is 46.0. The van der Waals surface area contributed by atoms with Crippen LogP contribution in [0.3, 0.4) is 0 Å². The van der Waals surface area contributed by atoms with Gasteiger partial charge in [0, 0.05) is 18.8 Å². The second-order valence-corrected chi connectivity index (χ2v) is 4.20. The van der Waals surface area contributed by atoms with E-state index in [2.05, 4.69) is 14.1 Å². The zero-order chi connectivity index (χ0) is 6.48. The van der Waals surface area contributed by atoms with Gasteiger partial charge in [-0.1, -0.05) is 0 Å². The molecule has 1 saturated heterocycles. The summed E-state index contributed by atoms with van der Waals surface area (Å²) in [6, 6.07) is 1.05. The molecule has 0 radical (unpaired) electrons. The van der Waals surface area contributed by atoms with Gasteiger partial charge in [-0.15, -0.1) is 0 Å². The summed E-state index contributed by atoms with van der Waals surface area (Å²) < 4.78 is 1.31. The third-order valence-corrected chi connectivity index (χ3v) is 3.35. The van der Waals surface area contributed by atoms with Gasteiger partial charge in [-0.2, -0.15) is 0 Å². The van der Waals surface area contributed by atoms with Gasteiger partial charge >= 0.3 is 0 Å². The van der Waals surface area contributed by atoms with Crippen LogP contribution in [0.15, 0.2) is 0 Å². The Morgan fingerprint density at radius 2 is 1.89 bits per heavy atom. The maximum absolute atomic E-state index is 2.38. The average Bonchev–Trinajstić information content (AvgIpc) is 1.74. The van der Waals surface area contributed by atoms with Crippen LogP contribution in [0.25, 0.3) is 0 Å². The van der Waals surface area contributed by atoms with E-state index in [1.807, 2.05) is 0 Å². The highest BCUT2D eigenvalue weighted by atomic mass is 15.4. The Labute approximate surface area is 57.3 Å². The fourth-order valence-corrected chi connectivity index (χ4v) is 2.47. The van der Waals surface area contributed by atoms with Crippen LogP contribution in [0.2, 0.25) is 0 Å². The highest BCUT2D eigenvalue weighted by molar-refractivity contribution is 4.85. The number of hydrogen-bond donors (Lipinski definition) is 0. The molecule has 1 aliphatic carbocycles. The van der Waals surface area contributed by atoms with Crippen molar-refractivity contribution in [2.45, 2.75) is 25.3 Å². The summed E-state index contributed by atoms with van der Waals surface area (Å²) in [7, 11) is 4.76. The molecule has 0 unspecified atom stereocenters. The molecule has 0 N–H and O–H groups in total. The van der Waals surface area contributed by atoms with Crippen LogP contribution in [-0.2, 0) is 0 Å². The Bertz CT molecular complexity index is 129. The highest BCUT2D eigenvalue weighted by Crippen LogP contribution is 2.42. The molecule has 2 fully saturated rings. The summed E-state index contributed by atoms with van der Waals surface area (Å²) in [6.07, 6.45) is 4.52. The van der Waals surface area contributed by atoms with Crippen LogP contribution in [-0.4, -0.2) is 31.2 Å². The van der Waals surface area contributed by atoms with E-state index in [0.29, 0.717) is 0 Å². The van der Waals surface area contributed by atoms with Crippen molar-refractivity contribution in [3.63, 3.8) is 0 Å². The van der Waals surface area contributed by atoms with Crippen molar-refractivity contribution in [2.75, 3.05) is 20.6 Å². The molecule has 52 valence electrons. The monoisotopic (exact) mass is 126 g/mol. The van der Waals surface area contributed by atoms with Gasteiger partial charge in [0.25, 0.3) is 0 Å². The fraction of sp³-hybridized carbons (Fsp3) is 1.00. The van der Waals surface area contributed by atoms with E-state index in [1.165, 1.54) is 30.3 Å². The minimum Gasteiger partial charge on any atom is -0.326 e. The first-order chi connectivity index (χ1) is 4.20. The number of rotatable bonds is 0. The quantitative estimate of drug-likeness (QED) is 0.428. The van der Waals surface area contributed by atoms with E-state index in [1.54, 1.807) is 0 Å². The summed E-state index contributed by atoms with van der Waals surface area (Å²) in [5, 5.41) is 0. The van der Waals surface area contributed by atoms with Crippen molar-refractivity contribution in [3.05, 3.63) is 0 Å². The molecule has 0 bridgehead atoms. The minimum atomic E-state index is 1.05. The molecule has 1 heteroatoms. The summed E-state index contributed by atoms with van der Waals surface area (Å²) in [5.74, 6) is 1.11. The smallest absolute Gasteiger partial charge is 0.0917 e. The van der Waals surface area contributed by atoms with Crippen molar-refractivity contribution in [3.8, 4) is 0 Å². The summed E-state index contributed by atoms with van der Waals surface area (Å²) in [4.78, 5) is 0. The van der Waals surface area contributed by atoms with Gasteiger partial charge in [0.1, 0.15) is 0 Å². The van der Waals surface area contributed by atoms with Gasteiger partial charge in [-0.25, -0.2) is 0 Å². The third-order valence-electron chi connectivity index (χ3n) is 3.35. The van der Waals surface area contributed by atoms with Crippen LogP contribution in [0.5, 0.6) is 0 Å². The molecule has 9 heavy (non-hydrogen) atoms. The van der Waals surface area contributed by atoms with E-state index >= 15 is 0 Å². The van der Waals surface area contributed by atoms with Crippen molar-refractivity contribution in [2.24, 2.45) is 5.92 Å². The Morgan fingerprint density at radius 1 is 1.11 bits per heavy atom. The van der Waals surface area contributed by atoms with E-state index in [4.69, 9.17) is 0 Å². The van der Waals surface area contributed by atoms with Crippen molar-refractivity contribution in [1.82, 2.24) is 0 Å². The Kier molecular flexibility index (Phi) is 0.963. The van der Waals surface area contributed by atoms with Crippen molar-refractivity contribution < 1.29 is 4.48 Å². The minimum absolute atomic E-state index is 1.05. The lowest BCUT2D eigenvalue weighted by atomic mass is 9.80. The molecule has 2 rings (SSSR count). The molecular formula is C8H16N+. The van der Waals surface area contributed by atoms with Crippen molar-refractivity contribution in [1.29, 1.82) is 0 Å². The van der Waals surface area contributed by atoms with Gasteiger partial charge < -0.3 is 4.48 Å². The van der Waals surface area contributed by atoms with E-state index in [-0.39, 0.29) is 0 Å². The van der Waals surface area contributed by atoms with Gasteiger partial charge in [0.2, 0.25) is 0 Å². The van der Waals surface area contributed by atoms with Gasteiger partial charge in [0.05, 0.1) is 26.7 Å². The molecule has 0 aromatic rings. The molecular weight excluding hydrogens is 110 g/mol. The second-order valence-electron chi connectivity index (χ2n) is 4.20. The van der Waals surface area contributed by atoms with Gasteiger partial charge in [0.15, 0.2) is 0 Å². The second kappa shape index (κ2) is 1.51. The topological polar surface area (TPSA) is 0 Å². The number of hydrogen-bond acceptors (Lipinski definition) is 0. The first-order valence-electron chi connectivity index (χ1n) is 4.03. The number of nitrogens with zero attached hydrogens (tertiary/aromatic N) is 1. The molecule has 2 aliphatic rings. The number of quaternary nitrogens is 1. The molecule has 1 saturated carbocycles. The van der Waals surface area contributed by atoms with Crippen LogP contribution >= 0.6 is 0 Å². The fourth-order valence-electron chi connectivity index (χ4n) is 2.47. The lowest BCUT2D eigenvalue weighted by Crippen LogP contribution is -2.49. The Hall–Kier alpha value is -0.0400. The standard InChI is InChI=1S/C8H16N/c1-9(2)6-5-7-3-4-8(7)9/h7-8H,3-6H2,1-2H3/q+1/t7-,8-/m1/s1. The molecule has 0 spiro atoms. The average molecular weight is 126 g/mol. The van der Waals surface area contributed by atoms with Crippen LogP contribution in [0.4, 0.5) is 0 Å². The first-order valence-corrected chi connectivity index (χ1v) is 4.03. The lowest BCUT2D eigenvalue weighted by molar-refractivity contribution is -0.908. The van der Waals surface area contributed by atoms with Gasteiger partial charge in [-0.05, 0) is 6.42 Å². The lowest BCUT2D eigenvalue weighted by Gasteiger charge is -2.39. The third kappa shape index (κ3) is 0.644. The first kappa shape index (κ1) is 5.72. The summed E-state index contributed by atoms with van der Waals surface area (Å²) in [5.41, 5.74) is 0. The van der Waals surface area contributed by atoms with E-state index in [0.717, 1.165) is 12.0 Å². The van der Waals surface area contributed by atoms with Gasteiger partial charge in [-0.3, -0.25) is 0 Å². The molecule has 1 nitrogen and oxygen atoms in total. The zero-order valence-electron chi connectivity index (χ0n) is 6.43. The Balaban J connectivity index is 2.14. The molecule has 1 heterocycles. The zero-order valence-corrected chi connectivity index (χ0v) is 6.43. The van der Waals surface area contributed by atoms with Crippen molar-refractivity contribution >= 4 is 0 Å². The molecule has 0 aromatic heterocycles. The molecule has 2 atom stereocenters. The summed E-state index contributed by atoms with van der Waals surface area (Å²) in [6.45, 7) is 1.43. The maximum atomic E-state index is 2.38. The molecule has 1 aliphatic heterocycles. The van der Waals surface area contributed by atoms with E-state index < -0.39 is 0 Å². The van der Waals surface area contributed by atoms with Crippen LogP contribution < -0.4 is 0 Å². The molecule has 0 aromatic carbocycles. The predicted octanol–water partition coefficient (Wildman–Crippen LogP) is 1.25. The predicted molar refractivity (Wildman–Crippen MR) is 38.1 cm³/mol. The van der Waals surface area contributed by atoms with E-state index in [9.17, 15) is 0 Å². The number of fused-ring (bicyclic) bond motifs is 1. The van der Waals surface area contributed by atoms with Crippen LogP contribution in [0, 0.1) is 5.92 Å². The largest absolute Gasteiger partial charge is 0.326 e. The maximum Gasteiger partial charge on any atom is 0.0917 e. The summed E-state index contributed by atoms with van der Waals surface area (Å²) >= 11 is 0. The Morgan fingerprint density at radius 3 is 2.11 bits per heavy atom. The number of likely N-dealkylation sites (tertiary alicyclic amines) is 1. The highest BCUT2D eigenvalue weighted by Gasteiger charge is 2.48. The SMILES string of the molecule is C[N+]1(C)CC[C@H]2CC[C@H]21. The van der Waals surface area contributed by atoms with Crippen LogP contribution in [0.1, 0.15) is 19.3 Å².